The second-order valence-electron chi connectivity index (χ2n) is 4.35. The number of hydrogen-bond acceptors (Lipinski definition) is 4. The summed E-state index contributed by atoms with van der Waals surface area (Å²) < 4.78 is 1.46. The van der Waals surface area contributed by atoms with Crippen molar-refractivity contribution in [1.29, 1.82) is 0 Å². The zero-order valence-electron chi connectivity index (χ0n) is 11.8. The monoisotopic (exact) mass is 268 g/mol. The maximum atomic E-state index is 12.1. The standard InChI is InChI=1S/C15H16N4O/c1-4-5-9-16-14-17-10-19(15(20)18-14)13-11(2)7-6-8-12(13)3/h6-8,10H,9H2,1-3H3,(H,16,18,20). The number of nitrogens with one attached hydrogen (secondary N) is 1. The van der Waals surface area contributed by atoms with Gasteiger partial charge in [-0.25, -0.2) is 9.78 Å². The van der Waals surface area contributed by atoms with Crippen LogP contribution >= 0.6 is 0 Å². The van der Waals surface area contributed by atoms with E-state index in [0.717, 1.165) is 16.8 Å². The molecule has 0 saturated heterocycles. The largest absolute Gasteiger partial charge is 0.356 e. The normalized spacial score (nSPS) is 9.75. The molecule has 0 aliphatic carbocycles. The Morgan fingerprint density at radius 1 is 1.30 bits per heavy atom. The third-order valence-electron chi connectivity index (χ3n) is 2.90. The predicted octanol–water partition coefficient (Wildman–Crippen LogP) is 1.68. The van der Waals surface area contributed by atoms with Crippen molar-refractivity contribution in [1.82, 2.24) is 14.5 Å². The zero-order chi connectivity index (χ0) is 14.5. The van der Waals surface area contributed by atoms with Gasteiger partial charge >= 0.3 is 5.69 Å². The van der Waals surface area contributed by atoms with Gasteiger partial charge in [0.25, 0.3) is 0 Å². The SMILES string of the molecule is CC#CCNc1ncn(-c2c(C)cccc2C)c(=O)n1. The van der Waals surface area contributed by atoms with Gasteiger partial charge in [0.1, 0.15) is 6.33 Å². The number of hydrogen-bond donors (Lipinski definition) is 1. The highest BCUT2D eigenvalue weighted by atomic mass is 16.1. The van der Waals surface area contributed by atoms with Crippen molar-refractivity contribution < 1.29 is 0 Å². The van der Waals surface area contributed by atoms with Gasteiger partial charge in [0, 0.05) is 0 Å². The van der Waals surface area contributed by atoms with E-state index in [1.54, 1.807) is 6.92 Å². The molecule has 5 heteroatoms. The molecule has 5 nitrogen and oxygen atoms in total. The Hall–Kier alpha value is -2.61. The maximum absolute atomic E-state index is 12.1. The molecule has 1 N–H and O–H groups in total. The van der Waals surface area contributed by atoms with Crippen LogP contribution in [0.1, 0.15) is 18.1 Å². The highest BCUT2D eigenvalue weighted by molar-refractivity contribution is 5.46. The van der Waals surface area contributed by atoms with Gasteiger partial charge in [-0.1, -0.05) is 24.1 Å². The van der Waals surface area contributed by atoms with Gasteiger partial charge in [-0.3, -0.25) is 4.57 Å². The smallest absolute Gasteiger partial charge is 0.343 e. The zero-order valence-corrected chi connectivity index (χ0v) is 11.8. The lowest BCUT2D eigenvalue weighted by Crippen LogP contribution is -2.24. The Bertz CT molecular complexity index is 717. The Balaban J connectivity index is 2.39. The van der Waals surface area contributed by atoms with Crippen LogP contribution < -0.4 is 11.0 Å². The minimum Gasteiger partial charge on any atom is -0.343 e. The maximum Gasteiger partial charge on any atom is 0.356 e. The molecule has 20 heavy (non-hydrogen) atoms. The molecule has 0 amide bonds. The van der Waals surface area contributed by atoms with E-state index in [1.807, 2.05) is 32.0 Å². The molecule has 0 unspecified atom stereocenters. The fourth-order valence-corrected chi connectivity index (χ4v) is 1.97. The number of para-hydroxylation sites is 1. The Morgan fingerprint density at radius 3 is 2.60 bits per heavy atom. The molecule has 1 aromatic carbocycles. The Morgan fingerprint density at radius 2 is 2.00 bits per heavy atom. The number of aromatic nitrogens is 3. The second kappa shape index (κ2) is 6.02. The average Bonchev–Trinajstić information content (AvgIpc) is 2.41. The molecule has 0 fully saturated rings. The van der Waals surface area contributed by atoms with Crippen LogP contribution in [0.5, 0.6) is 0 Å². The van der Waals surface area contributed by atoms with Crippen LogP contribution in [0, 0.1) is 25.7 Å². The van der Waals surface area contributed by atoms with E-state index < -0.39 is 0 Å². The van der Waals surface area contributed by atoms with Crippen LogP contribution in [0.2, 0.25) is 0 Å². The van der Waals surface area contributed by atoms with Gasteiger partial charge < -0.3 is 5.32 Å². The minimum atomic E-state index is -0.357. The van der Waals surface area contributed by atoms with Gasteiger partial charge in [-0.2, -0.15) is 4.98 Å². The first kappa shape index (κ1) is 13.8. The van der Waals surface area contributed by atoms with Crippen molar-refractivity contribution in [3.63, 3.8) is 0 Å². The van der Waals surface area contributed by atoms with Crippen LogP contribution in [-0.4, -0.2) is 21.1 Å². The molecular weight excluding hydrogens is 252 g/mol. The van der Waals surface area contributed by atoms with Gasteiger partial charge in [0.05, 0.1) is 12.2 Å². The molecule has 0 saturated carbocycles. The molecule has 1 heterocycles. The van der Waals surface area contributed by atoms with Crippen molar-refractivity contribution in [2.45, 2.75) is 20.8 Å². The number of rotatable bonds is 3. The van der Waals surface area contributed by atoms with Crippen LogP contribution in [0.4, 0.5) is 5.95 Å². The number of benzene rings is 1. The van der Waals surface area contributed by atoms with Crippen LogP contribution in [0.15, 0.2) is 29.3 Å². The average molecular weight is 268 g/mol. The highest BCUT2D eigenvalue weighted by Crippen LogP contribution is 2.16. The van der Waals surface area contributed by atoms with Crippen molar-refractivity contribution in [2.24, 2.45) is 0 Å². The van der Waals surface area contributed by atoms with Crippen molar-refractivity contribution >= 4 is 5.95 Å². The summed E-state index contributed by atoms with van der Waals surface area (Å²) in [5, 5.41) is 2.89. The molecule has 2 aromatic rings. The molecule has 0 spiro atoms. The summed E-state index contributed by atoms with van der Waals surface area (Å²) in [6.45, 7) is 6.08. The lowest BCUT2D eigenvalue weighted by Gasteiger charge is -2.11. The lowest BCUT2D eigenvalue weighted by atomic mass is 10.1. The number of nitrogens with zero attached hydrogens (tertiary/aromatic N) is 3. The topological polar surface area (TPSA) is 59.8 Å². The molecule has 0 atom stereocenters. The van der Waals surface area contributed by atoms with Gasteiger partial charge in [-0.15, -0.1) is 5.92 Å². The lowest BCUT2D eigenvalue weighted by molar-refractivity contribution is 0.849. The summed E-state index contributed by atoms with van der Waals surface area (Å²) in [6.07, 6.45) is 1.49. The predicted molar refractivity (Wildman–Crippen MR) is 79.0 cm³/mol. The molecule has 0 radical (unpaired) electrons. The number of anilines is 1. The number of aryl methyl sites for hydroxylation is 2. The van der Waals surface area contributed by atoms with E-state index in [1.165, 1.54) is 10.9 Å². The molecule has 0 aliphatic heterocycles. The molecule has 0 aliphatic rings. The summed E-state index contributed by atoms with van der Waals surface area (Å²) in [5.41, 5.74) is 2.49. The van der Waals surface area contributed by atoms with Gasteiger partial charge in [-0.05, 0) is 31.9 Å². The van der Waals surface area contributed by atoms with Gasteiger partial charge in [0.2, 0.25) is 5.95 Å². The Labute approximate surface area is 117 Å². The van der Waals surface area contributed by atoms with Crippen LogP contribution in [-0.2, 0) is 0 Å². The fourth-order valence-electron chi connectivity index (χ4n) is 1.97. The second-order valence-corrected chi connectivity index (χ2v) is 4.35. The minimum absolute atomic E-state index is 0.292. The molecule has 1 aromatic heterocycles. The van der Waals surface area contributed by atoms with E-state index in [4.69, 9.17) is 0 Å². The van der Waals surface area contributed by atoms with Crippen molar-refractivity contribution in [3.05, 3.63) is 46.1 Å². The third-order valence-corrected chi connectivity index (χ3v) is 2.90. The summed E-state index contributed by atoms with van der Waals surface area (Å²) >= 11 is 0. The van der Waals surface area contributed by atoms with E-state index in [0.29, 0.717) is 12.5 Å². The summed E-state index contributed by atoms with van der Waals surface area (Å²) in [5.74, 6) is 5.88. The molecular formula is C15H16N4O. The summed E-state index contributed by atoms with van der Waals surface area (Å²) in [6, 6.07) is 5.87. The summed E-state index contributed by atoms with van der Waals surface area (Å²) in [4.78, 5) is 20.2. The first-order valence-electron chi connectivity index (χ1n) is 6.29. The highest BCUT2D eigenvalue weighted by Gasteiger charge is 2.08. The first-order valence-corrected chi connectivity index (χ1v) is 6.29. The van der Waals surface area contributed by atoms with Crippen molar-refractivity contribution in [2.75, 3.05) is 11.9 Å². The first-order chi connectivity index (χ1) is 9.63. The fraction of sp³-hybridized carbons (Fsp3) is 0.267. The van der Waals surface area contributed by atoms with E-state index in [9.17, 15) is 4.79 Å². The molecule has 2 rings (SSSR count). The van der Waals surface area contributed by atoms with Crippen molar-refractivity contribution in [3.8, 4) is 17.5 Å². The molecule has 102 valence electrons. The third kappa shape index (κ3) is 2.86. The summed E-state index contributed by atoms with van der Waals surface area (Å²) in [7, 11) is 0. The van der Waals surface area contributed by atoms with Crippen LogP contribution in [0.3, 0.4) is 0 Å². The Kier molecular flexibility index (Phi) is 4.16. The van der Waals surface area contributed by atoms with E-state index >= 15 is 0 Å². The van der Waals surface area contributed by atoms with Gasteiger partial charge in [0.15, 0.2) is 0 Å². The van der Waals surface area contributed by atoms with Crippen LogP contribution in [0.25, 0.3) is 5.69 Å². The quantitative estimate of drug-likeness (QED) is 0.860. The van der Waals surface area contributed by atoms with E-state index in [-0.39, 0.29) is 5.69 Å². The van der Waals surface area contributed by atoms with E-state index in [2.05, 4.69) is 27.1 Å². The molecule has 0 bridgehead atoms.